The molecule has 2 N–H and O–H groups in total. The van der Waals surface area contributed by atoms with Gasteiger partial charge in [-0.05, 0) is 24.3 Å². The maximum atomic E-state index is 12.6. The van der Waals surface area contributed by atoms with Crippen molar-refractivity contribution in [2.24, 2.45) is 0 Å². The molecule has 132 valence electrons. The second kappa shape index (κ2) is 6.71. The minimum Gasteiger partial charge on any atom is -0.368 e. The van der Waals surface area contributed by atoms with Crippen LogP contribution in [0.1, 0.15) is 26.7 Å². The maximum Gasteiger partial charge on any atom is 0.257 e. The molecule has 0 aliphatic rings. The Kier molecular flexibility index (Phi) is 4.09. The second-order valence-electron chi connectivity index (χ2n) is 5.68. The van der Waals surface area contributed by atoms with Gasteiger partial charge in [0.15, 0.2) is 5.78 Å². The van der Waals surface area contributed by atoms with Gasteiger partial charge in [-0.15, -0.1) is 10.2 Å². The fraction of sp³-hybridized carbons (Fsp3) is 0.0556. The van der Waals surface area contributed by atoms with Crippen LogP contribution in [0.15, 0.2) is 48.8 Å². The Bertz CT molecular complexity index is 1190. The number of carbonyl (C=O) groups excluding carboxylic acids is 2. The van der Waals surface area contributed by atoms with Crippen molar-refractivity contribution in [2.75, 3.05) is 5.73 Å². The van der Waals surface area contributed by atoms with Gasteiger partial charge in [-0.2, -0.15) is 0 Å². The number of carbonyl (C=O) groups is 2. The molecular formula is C18H13N7O2. The summed E-state index contributed by atoms with van der Waals surface area (Å²) >= 11 is 0. The average molecular weight is 359 g/mol. The lowest BCUT2D eigenvalue weighted by atomic mass is 10.1. The molecule has 0 unspecified atom stereocenters. The van der Waals surface area contributed by atoms with Crippen LogP contribution in [-0.2, 0) is 6.42 Å². The van der Waals surface area contributed by atoms with Crippen molar-refractivity contribution in [1.29, 1.82) is 0 Å². The predicted octanol–water partition coefficient (Wildman–Crippen LogP) is 0.304. The number of ketones is 2. The van der Waals surface area contributed by atoms with E-state index in [0.29, 0.717) is 16.7 Å². The number of Topliss-reactive ketones (excluding diaryl/α,β-unsaturated/α-hetero) is 2. The summed E-state index contributed by atoms with van der Waals surface area (Å²) in [6, 6.07) is 10.1. The van der Waals surface area contributed by atoms with E-state index < -0.39 is 0 Å². The normalized spacial score (nSPS) is 11.8. The molecule has 0 saturated carbocycles. The van der Waals surface area contributed by atoms with Gasteiger partial charge in [0.1, 0.15) is 11.4 Å². The van der Waals surface area contributed by atoms with Crippen LogP contribution < -0.4 is 11.1 Å². The zero-order valence-electron chi connectivity index (χ0n) is 14.0. The van der Waals surface area contributed by atoms with E-state index in [9.17, 15) is 9.59 Å². The van der Waals surface area contributed by atoms with Crippen LogP contribution in [0, 0.1) is 0 Å². The minimum atomic E-state index is -0.343. The molecule has 4 heterocycles. The number of hydrogen-bond acceptors (Lipinski definition) is 8. The third-order valence-corrected chi connectivity index (χ3v) is 3.91. The summed E-state index contributed by atoms with van der Waals surface area (Å²) in [4.78, 5) is 37.5. The van der Waals surface area contributed by atoms with Gasteiger partial charge in [-0.1, -0.05) is 12.1 Å². The van der Waals surface area contributed by atoms with Crippen molar-refractivity contribution in [1.82, 2.24) is 29.5 Å². The molecule has 0 spiro atoms. The molecule has 9 heteroatoms. The molecule has 0 atom stereocenters. The van der Waals surface area contributed by atoms with Gasteiger partial charge >= 0.3 is 0 Å². The van der Waals surface area contributed by atoms with Crippen molar-refractivity contribution >= 4 is 29.4 Å². The number of imidazole rings is 1. The Balaban J connectivity index is 1.80. The van der Waals surface area contributed by atoms with E-state index in [2.05, 4.69) is 25.1 Å². The molecule has 0 aliphatic heterocycles. The van der Waals surface area contributed by atoms with Crippen LogP contribution in [0.2, 0.25) is 0 Å². The number of fused-ring (bicyclic) bond motifs is 1. The van der Waals surface area contributed by atoms with Gasteiger partial charge < -0.3 is 5.73 Å². The largest absolute Gasteiger partial charge is 0.368 e. The zero-order valence-corrected chi connectivity index (χ0v) is 14.0. The molecule has 0 fully saturated rings. The van der Waals surface area contributed by atoms with Crippen LogP contribution >= 0.6 is 0 Å². The SMILES string of the molecule is Nc1nnc2nc(CC(=O)c3ccccn3)/c(=C\C(=O)c3ccccn3)n12. The monoisotopic (exact) mass is 359 g/mol. The third kappa shape index (κ3) is 3.13. The number of aromatic nitrogens is 6. The average Bonchev–Trinajstić information content (AvgIpc) is 3.23. The molecule has 0 aromatic carbocycles. The Labute approximate surface area is 152 Å². The summed E-state index contributed by atoms with van der Waals surface area (Å²) in [6.45, 7) is 0. The topological polar surface area (TPSA) is 129 Å². The first-order valence-electron chi connectivity index (χ1n) is 8.04. The van der Waals surface area contributed by atoms with Gasteiger partial charge in [-0.25, -0.2) is 9.38 Å². The fourth-order valence-electron chi connectivity index (χ4n) is 2.65. The third-order valence-electron chi connectivity index (χ3n) is 3.91. The van der Waals surface area contributed by atoms with Crippen molar-refractivity contribution in [2.45, 2.75) is 6.42 Å². The number of nitrogens with zero attached hydrogens (tertiary/aromatic N) is 6. The van der Waals surface area contributed by atoms with E-state index >= 15 is 0 Å². The van der Waals surface area contributed by atoms with E-state index in [4.69, 9.17) is 5.73 Å². The lowest BCUT2D eigenvalue weighted by Gasteiger charge is -1.98. The summed E-state index contributed by atoms with van der Waals surface area (Å²) in [6.07, 6.45) is 4.35. The molecular weight excluding hydrogens is 346 g/mol. The maximum absolute atomic E-state index is 12.6. The molecule has 9 nitrogen and oxygen atoms in total. The van der Waals surface area contributed by atoms with Crippen LogP contribution in [0.5, 0.6) is 0 Å². The standard InChI is InChI=1S/C18H13N7O2/c19-17-23-24-18-22-13(9-15(26)11-5-1-3-7-20-11)14(25(17)18)10-16(27)12-6-2-4-8-21-12/h1-8,10H,9H2,(H2,19,23)/b14-10+. The number of nitrogen functional groups attached to an aromatic ring is 1. The van der Waals surface area contributed by atoms with Crippen molar-refractivity contribution in [3.63, 3.8) is 0 Å². The smallest absolute Gasteiger partial charge is 0.257 e. The lowest BCUT2D eigenvalue weighted by molar-refractivity contribution is 0.0985. The highest BCUT2D eigenvalue weighted by Gasteiger charge is 2.18. The summed E-state index contributed by atoms with van der Waals surface area (Å²) in [7, 11) is 0. The molecule has 4 aromatic rings. The van der Waals surface area contributed by atoms with Crippen molar-refractivity contribution in [3.8, 4) is 0 Å². The molecule has 27 heavy (non-hydrogen) atoms. The second-order valence-corrected chi connectivity index (χ2v) is 5.68. The van der Waals surface area contributed by atoms with Gasteiger partial charge in [-0.3, -0.25) is 19.6 Å². The van der Waals surface area contributed by atoms with Gasteiger partial charge in [0.2, 0.25) is 11.7 Å². The van der Waals surface area contributed by atoms with Gasteiger partial charge in [0, 0.05) is 18.5 Å². The fourth-order valence-corrected chi connectivity index (χ4v) is 2.65. The number of hydrogen-bond donors (Lipinski definition) is 1. The Morgan fingerprint density at radius 1 is 1.00 bits per heavy atom. The Morgan fingerprint density at radius 3 is 2.37 bits per heavy atom. The van der Waals surface area contributed by atoms with E-state index in [0.717, 1.165) is 0 Å². The van der Waals surface area contributed by atoms with Crippen LogP contribution in [-0.4, -0.2) is 41.1 Å². The first-order valence-corrected chi connectivity index (χ1v) is 8.04. The first-order chi connectivity index (χ1) is 13.1. The molecule has 0 amide bonds. The number of pyridine rings is 2. The van der Waals surface area contributed by atoms with Crippen LogP contribution in [0.4, 0.5) is 5.95 Å². The molecule has 0 aliphatic carbocycles. The minimum absolute atomic E-state index is 0.0544. The molecule has 0 saturated heterocycles. The summed E-state index contributed by atoms with van der Waals surface area (Å²) in [5.41, 5.74) is 6.79. The summed E-state index contributed by atoms with van der Waals surface area (Å²) < 4.78 is 1.43. The predicted molar refractivity (Wildman–Crippen MR) is 95.7 cm³/mol. The first kappa shape index (κ1) is 16.5. The molecule has 4 aromatic heterocycles. The van der Waals surface area contributed by atoms with Crippen LogP contribution in [0.25, 0.3) is 11.9 Å². The van der Waals surface area contributed by atoms with E-state index in [-0.39, 0.29) is 35.4 Å². The molecule has 4 rings (SSSR count). The summed E-state index contributed by atoms with van der Waals surface area (Å²) in [5, 5.41) is 7.98. The van der Waals surface area contributed by atoms with Crippen molar-refractivity contribution < 1.29 is 9.59 Å². The Morgan fingerprint density at radius 2 is 1.70 bits per heavy atom. The highest BCUT2D eigenvalue weighted by molar-refractivity contribution is 6.16. The number of nitrogens with two attached hydrogens (primary N) is 1. The van der Waals surface area contributed by atoms with E-state index in [1.807, 2.05) is 0 Å². The lowest BCUT2D eigenvalue weighted by Crippen LogP contribution is -2.21. The Hall–Kier alpha value is -4.01. The summed E-state index contributed by atoms with van der Waals surface area (Å²) in [5.74, 6) is -0.280. The van der Waals surface area contributed by atoms with Gasteiger partial charge in [0.05, 0.1) is 17.5 Å². The van der Waals surface area contributed by atoms with Crippen LogP contribution in [0.3, 0.4) is 0 Å². The quantitative estimate of drug-likeness (QED) is 0.504. The molecule has 0 radical (unpaired) electrons. The number of rotatable bonds is 5. The van der Waals surface area contributed by atoms with E-state index in [1.165, 1.54) is 22.9 Å². The zero-order chi connectivity index (χ0) is 18.8. The highest BCUT2D eigenvalue weighted by Crippen LogP contribution is 2.06. The van der Waals surface area contributed by atoms with E-state index in [1.54, 1.807) is 36.4 Å². The highest BCUT2D eigenvalue weighted by atomic mass is 16.1. The number of anilines is 1. The van der Waals surface area contributed by atoms with Gasteiger partial charge in [0.25, 0.3) is 5.78 Å². The molecule has 0 bridgehead atoms. The van der Waals surface area contributed by atoms with Crippen molar-refractivity contribution in [3.05, 3.63) is 71.2 Å².